The van der Waals surface area contributed by atoms with Crippen molar-refractivity contribution in [1.82, 2.24) is 0 Å². The first kappa shape index (κ1) is 13.3. The van der Waals surface area contributed by atoms with Crippen molar-refractivity contribution in [2.75, 3.05) is 0 Å². The van der Waals surface area contributed by atoms with Crippen molar-refractivity contribution in [2.45, 2.75) is 6.92 Å². The van der Waals surface area contributed by atoms with Gasteiger partial charge in [-0.05, 0) is 0 Å². The van der Waals surface area contributed by atoms with Crippen LogP contribution in [0.15, 0.2) is 0 Å². The van der Waals surface area contributed by atoms with Crippen molar-refractivity contribution in [3.8, 4) is 0 Å². The van der Waals surface area contributed by atoms with Crippen molar-refractivity contribution >= 4 is 16.4 Å². The molecule has 0 aliphatic rings. The Bertz CT molecular complexity index is 232. The van der Waals surface area contributed by atoms with Crippen molar-refractivity contribution < 1.29 is 32.2 Å². The van der Waals surface area contributed by atoms with E-state index in [-0.39, 0.29) is 0 Å². The second-order valence-corrected chi connectivity index (χ2v) is 2.15. The van der Waals surface area contributed by atoms with Gasteiger partial charge in [-0.15, -0.1) is 10.1 Å². The summed E-state index contributed by atoms with van der Waals surface area (Å²) < 4.78 is 31.6. The topological polar surface area (TPSA) is 144 Å². The fraction of sp³-hybridized carbons (Fsp3) is 0.500. The summed E-state index contributed by atoms with van der Waals surface area (Å²) in [5, 5.41) is 8.02. The van der Waals surface area contributed by atoms with Gasteiger partial charge in [0.2, 0.25) is 0 Å². The SMILES string of the molecule is CC(=O)O[N+](=O)[O-].O=S(=O)(O)O. The summed E-state index contributed by atoms with van der Waals surface area (Å²) in [6.45, 7) is 0.961. The van der Waals surface area contributed by atoms with Crippen LogP contribution in [-0.4, -0.2) is 28.6 Å². The van der Waals surface area contributed by atoms with E-state index in [1.54, 1.807) is 0 Å². The molecule has 10 heteroatoms. The number of carbonyl (C=O) groups is 1. The lowest BCUT2D eigenvalue weighted by atomic mass is 10.8. The molecule has 0 saturated carbocycles. The van der Waals surface area contributed by atoms with Gasteiger partial charge >= 0.3 is 21.5 Å². The van der Waals surface area contributed by atoms with Gasteiger partial charge in [-0.2, -0.15) is 8.42 Å². The Kier molecular flexibility index (Phi) is 6.00. The molecule has 9 nitrogen and oxygen atoms in total. The molecular formula is C2H5NO8S. The maximum absolute atomic E-state index is 9.59. The average molecular weight is 203 g/mol. The Balaban J connectivity index is 0. The van der Waals surface area contributed by atoms with Crippen LogP contribution in [0.5, 0.6) is 0 Å². The summed E-state index contributed by atoms with van der Waals surface area (Å²) in [5.74, 6) is -0.912. The monoisotopic (exact) mass is 203 g/mol. The van der Waals surface area contributed by atoms with Gasteiger partial charge in [0, 0.05) is 6.92 Å². The lowest BCUT2D eigenvalue weighted by Gasteiger charge is -1.82. The number of carbonyl (C=O) groups excluding carboxylic acids is 1. The van der Waals surface area contributed by atoms with Gasteiger partial charge in [-0.3, -0.25) is 13.9 Å². The molecule has 72 valence electrons. The van der Waals surface area contributed by atoms with Crippen LogP contribution in [0, 0.1) is 10.1 Å². The lowest BCUT2D eigenvalue weighted by Crippen LogP contribution is -2.04. The summed E-state index contributed by atoms with van der Waals surface area (Å²) in [7, 11) is -4.67. The molecule has 0 aromatic carbocycles. The zero-order chi connectivity index (χ0) is 10.4. The fourth-order valence-corrected chi connectivity index (χ4v) is 0.105. The Labute approximate surface area is 66.6 Å². The molecule has 0 amide bonds. The Hall–Kier alpha value is -1.26. The predicted molar refractivity (Wildman–Crippen MR) is 32.9 cm³/mol. The first-order chi connectivity index (χ1) is 5.13. The van der Waals surface area contributed by atoms with Gasteiger partial charge in [-0.1, -0.05) is 0 Å². The molecule has 0 atom stereocenters. The van der Waals surface area contributed by atoms with E-state index < -0.39 is 21.5 Å². The Morgan fingerprint density at radius 1 is 1.50 bits per heavy atom. The molecule has 0 aromatic heterocycles. The number of nitrogens with zero attached hydrogens (tertiary/aromatic N) is 1. The minimum Gasteiger partial charge on any atom is -0.269 e. The third-order valence-corrected chi connectivity index (χ3v) is 0.203. The molecule has 0 bridgehead atoms. The maximum atomic E-state index is 9.59. The molecule has 0 fully saturated rings. The van der Waals surface area contributed by atoms with Gasteiger partial charge in [0.25, 0.3) is 0 Å². The molecule has 12 heavy (non-hydrogen) atoms. The van der Waals surface area contributed by atoms with E-state index in [1.165, 1.54) is 0 Å². The first-order valence-electron chi connectivity index (χ1n) is 2.15. The highest BCUT2D eigenvalue weighted by Crippen LogP contribution is 1.72. The second kappa shape index (κ2) is 5.40. The van der Waals surface area contributed by atoms with Gasteiger partial charge in [0.05, 0.1) is 0 Å². The standard InChI is InChI=1S/C2H3NO4.H2O4S/c1-2(4)7-3(5)6;1-5(2,3)4/h1H3;(H2,1,2,3,4). The van der Waals surface area contributed by atoms with Gasteiger partial charge in [0.15, 0.2) is 0 Å². The van der Waals surface area contributed by atoms with Crippen molar-refractivity contribution in [3.63, 3.8) is 0 Å². The van der Waals surface area contributed by atoms with Crippen molar-refractivity contribution in [1.29, 1.82) is 0 Å². The molecule has 0 unspecified atom stereocenters. The third-order valence-electron chi connectivity index (χ3n) is 0.203. The van der Waals surface area contributed by atoms with Crippen LogP contribution in [0.2, 0.25) is 0 Å². The number of rotatable bonds is 1. The van der Waals surface area contributed by atoms with Gasteiger partial charge in [0.1, 0.15) is 0 Å². The summed E-state index contributed by atoms with van der Waals surface area (Å²) in [4.78, 5) is 22.1. The van der Waals surface area contributed by atoms with Gasteiger partial charge in [-0.25, -0.2) is 4.84 Å². The van der Waals surface area contributed by atoms with Crippen LogP contribution in [0.4, 0.5) is 0 Å². The Morgan fingerprint density at radius 2 is 1.75 bits per heavy atom. The van der Waals surface area contributed by atoms with Crippen LogP contribution in [0.3, 0.4) is 0 Å². The third kappa shape index (κ3) is 69.7. The molecule has 0 aliphatic carbocycles. The average Bonchev–Trinajstić information content (AvgIpc) is 1.52. The highest BCUT2D eigenvalue weighted by atomic mass is 32.3. The smallest absolute Gasteiger partial charge is 0.269 e. The fourth-order valence-electron chi connectivity index (χ4n) is 0.105. The zero-order valence-electron chi connectivity index (χ0n) is 5.70. The van der Waals surface area contributed by atoms with Crippen LogP contribution >= 0.6 is 0 Å². The lowest BCUT2D eigenvalue weighted by molar-refractivity contribution is -0.729. The molecule has 2 N–H and O–H groups in total. The first-order valence-corrected chi connectivity index (χ1v) is 3.55. The van der Waals surface area contributed by atoms with E-state index in [4.69, 9.17) is 17.5 Å². The van der Waals surface area contributed by atoms with E-state index >= 15 is 0 Å². The van der Waals surface area contributed by atoms with Crippen molar-refractivity contribution in [2.24, 2.45) is 0 Å². The minimum absolute atomic E-state index is 0.912. The summed E-state index contributed by atoms with van der Waals surface area (Å²) in [5.41, 5.74) is 0. The molecule has 0 rings (SSSR count). The van der Waals surface area contributed by atoms with Crippen molar-refractivity contribution in [3.05, 3.63) is 10.1 Å². The summed E-state index contributed by atoms with van der Waals surface area (Å²) in [6.07, 6.45) is 0. The number of hydrogen-bond donors (Lipinski definition) is 2. The van der Waals surface area contributed by atoms with E-state index in [9.17, 15) is 14.9 Å². The minimum atomic E-state index is -4.67. The van der Waals surface area contributed by atoms with Crippen LogP contribution in [0.25, 0.3) is 0 Å². The highest BCUT2D eigenvalue weighted by molar-refractivity contribution is 7.79. The highest BCUT2D eigenvalue weighted by Gasteiger charge is 1.95. The molecule has 0 spiro atoms. The number of hydrogen-bond acceptors (Lipinski definition) is 6. The zero-order valence-corrected chi connectivity index (χ0v) is 6.52. The summed E-state index contributed by atoms with van der Waals surface area (Å²) >= 11 is 0. The Morgan fingerprint density at radius 3 is 1.75 bits per heavy atom. The van der Waals surface area contributed by atoms with Crippen LogP contribution in [-0.2, 0) is 20.0 Å². The molecule has 0 saturated heterocycles. The normalized spacial score (nSPS) is 9.25. The molecule has 0 aromatic rings. The molecular weight excluding hydrogens is 198 g/mol. The quantitative estimate of drug-likeness (QED) is 0.316. The van der Waals surface area contributed by atoms with Crippen LogP contribution in [0.1, 0.15) is 6.92 Å². The molecule has 0 aliphatic heterocycles. The van der Waals surface area contributed by atoms with E-state index in [0.717, 1.165) is 6.92 Å². The second-order valence-electron chi connectivity index (χ2n) is 1.25. The van der Waals surface area contributed by atoms with Gasteiger partial charge < -0.3 is 0 Å². The van der Waals surface area contributed by atoms with E-state index in [0.29, 0.717) is 0 Å². The molecule has 0 heterocycles. The van der Waals surface area contributed by atoms with Crippen LogP contribution < -0.4 is 0 Å². The molecule has 0 radical (unpaired) electrons. The maximum Gasteiger partial charge on any atom is 0.394 e. The largest absolute Gasteiger partial charge is 0.394 e. The van der Waals surface area contributed by atoms with E-state index in [2.05, 4.69) is 4.84 Å². The summed E-state index contributed by atoms with van der Waals surface area (Å²) in [6, 6.07) is 0. The predicted octanol–water partition coefficient (Wildman–Crippen LogP) is -0.912. The van der Waals surface area contributed by atoms with E-state index in [1.807, 2.05) is 0 Å².